The molecule has 0 amide bonds. The van der Waals surface area contributed by atoms with Gasteiger partial charge in [0.15, 0.2) is 5.13 Å². The van der Waals surface area contributed by atoms with Gasteiger partial charge in [-0.05, 0) is 18.9 Å². The van der Waals surface area contributed by atoms with Gasteiger partial charge in [0.2, 0.25) is 0 Å². The lowest BCUT2D eigenvalue weighted by Gasteiger charge is -1.99. The van der Waals surface area contributed by atoms with Crippen LogP contribution in [0.2, 0.25) is 0 Å². The summed E-state index contributed by atoms with van der Waals surface area (Å²) in [5, 5.41) is 0.619. The topological polar surface area (TPSA) is 38.9 Å². The van der Waals surface area contributed by atoms with Crippen LogP contribution in [0.4, 0.5) is 5.13 Å². The van der Waals surface area contributed by atoms with Crippen molar-refractivity contribution in [2.24, 2.45) is 0 Å². The van der Waals surface area contributed by atoms with Gasteiger partial charge in [0.25, 0.3) is 0 Å². The lowest BCUT2D eigenvalue weighted by molar-refractivity contribution is 1.24. The molecule has 0 aliphatic carbocycles. The molecule has 0 fully saturated rings. The summed E-state index contributed by atoms with van der Waals surface area (Å²) in [7, 11) is 0. The number of hydrogen-bond donors (Lipinski definition) is 1. The first-order valence-corrected chi connectivity index (χ1v) is 7.11. The molecule has 2 rings (SSSR count). The van der Waals surface area contributed by atoms with Crippen LogP contribution >= 0.6 is 22.9 Å². The summed E-state index contributed by atoms with van der Waals surface area (Å²) in [5.74, 6) is 0.659. The van der Waals surface area contributed by atoms with Crippen molar-refractivity contribution in [2.45, 2.75) is 13.3 Å². The minimum atomic E-state index is 0.619. The molecule has 0 atom stereocenters. The molecule has 0 spiro atoms. The molecule has 0 bridgehead atoms. The average molecular weight is 279 g/mol. The van der Waals surface area contributed by atoms with Gasteiger partial charge in [-0.1, -0.05) is 36.4 Å². The average Bonchev–Trinajstić information content (AvgIpc) is 2.70. The van der Waals surface area contributed by atoms with E-state index in [2.05, 4.69) is 41.4 Å². The maximum Gasteiger partial charge on any atom is 0.180 e. The second-order valence-electron chi connectivity index (χ2n) is 3.96. The van der Waals surface area contributed by atoms with Gasteiger partial charge < -0.3 is 5.73 Å². The fourth-order valence-electron chi connectivity index (χ4n) is 1.72. The molecule has 0 unspecified atom stereocenters. The van der Waals surface area contributed by atoms with E-state index in [1.54, 1.807) is 0 Å². The molecule has 18 heavy (non-hydrogen) atoms. The molecule has 94 valence electrons. The first kappa shape index (κ1) is 13.1. The zero-order valence-electron chi connectivity index (χ0n) is 10.2. The van der Waals surface area contributed by atoms with Crippen LogP contribution in [0.1, 0.15) is 16.9 Å². The predicted molar refractivity (Wildman–Crippen MR) is 81.1 cm³/mol. The van der Waals surface area contributed by atoms with Gasteiger partial charge in [0, 0.05) is 16.3 Å². The van der Waals surface area contributed by atoms with Crippen LogP contribution in [0, 0.1) is 6.92 Å². The number of nitrogens with two attached hydrogens (primary N) is 1. The van der Waals surface area contributed by atoms with Gasteiger partial charge in [-0.15, -0.1) is 22.9 Å². The number of benzene rings is 1. The Morgan fingerprint density at radius 2 is 2.06 bits per heavy atom. The van der Waals surface area contributed by atoms with Crippen LogP contribution in [-0.2, 0) is 0 Å². The van der Waals surface area contributed by atoms with Gasteiger partial charge >= 0.3 is 0 Å². The summed E-state index contributed by atoms with van der Waals surface area (Å²) in [6.07, 6.45) is 5.05. The Balaban J connectivity index is 2.19. The molecule has 2 nitrogen and oxygen atoms in total. The van der Waals surface area contributed by atoms with Crippen molar-refractivity contribution in [3.8, 4) is 11.3 Å². The van der Waals surface area contributed by atoms with Crippen molar-refractivity contribution in [3.63, 3.8) is 0 Å². The molecule has 0 saturated carbocycles. The largest absolute Gasteiger partial charge is 0.375 e. The van der Waals surface area contributed by atoms with Gasteiger partial charge in [0.1, 0.15) is 0 Å². The number of alkyl halides is 1. The van der Waals surface area contributed by atoms with Crippen molar-refractivity contribution < 1.29 is 0 Å². The van der Waals surface area contributed by atoms with Crippen molar-refractivity contribution in [3.05, 3.63) is 40.8 Å². The molecular weight excluding hydrogens is 264 g/mol. The van der Waals surface area contributed by atoms with E-state index < -0.39 is 0 Å². The molecule has 1 aromatic heterocycles. The number of thiazole rings is 1. The maximum atomic E-state index is 5.71. The Labute approximate surface area is 116 Å². The molecule has 4 heteroatoms. The van der Waals surface area contributed by atoms with Crippen molar-refractivity contribution in [1.29, 1.82) is 0 Å². The lowest BCUT2D eigenvalue weighted by atomic mass is 10.1. The second kappa shape index (κ2) is 6.03. The number of halogens is 1. The molecule has 0 radical (unpaired) electrons. The van der Waals surface area contributed by atoms with Crippen LogP contribution < -0.4 is 5.73 Å². The number of hydrogen-bond acceptors (Lipinski definition) is 3. The minimum absolute atomic E-state index is 0.619. The zero-order chi connectivity index (χ0) is 13.0. The third kappa shape index (κ3) is 3.12. The van der Waals surface area contributed by atoms with Crippen LogP contribution in [0.25, 0.3) is 17.3 Å². The highest BCUT2D eigenvalue weighted by atomic mass is 35.5. The monoisotopic (exact) mass is 278 g/mol. The van der Waals surface area contributed by atoms with Gasteiger partial charge in [-0.2, -0.15) is 0 Å². The third-order valence-corrected chi connectivity index (χ3v) is 3.60. The van der Waals surface area contributed by atoms with Gasteiger partial charge in [-0.25, -0.2) is 4.98 Å². The fraction of sp³-hybridized carbons (Fsp3) is 0.214. The number of rotatable bonds is 4. The molecule has 0 saturated heterocycles. The van der Waals surface area contributed by atoms with E-state index in [9.17, 15) is 0 Å². The highest BCUT2D eigenvalue weighted by molar-refractivity contribution is 7.15. The maximum absolute atomic E-state index is 5.71. The Bertz CT molecular complexity index is 543. The number of anilines is 1. The quantitative estimate of drug-likeness (QED) is 0.845. The van der Waals surface area contributed by atoms with Crippen LogP contribution in [0.15, 0.2) is 30.3 Å². The smallest absolute Gasteiger partial charge is 0.180 e. The minimum Gasteiger partial charge on any atom is -0.375 e. The number of aromatic nitrogens is 1. The normalized spacial score (nSPS) is 11.2. The van der Waals surface area contributed by atoms with E-state index in [-0.39, 0.29) is 0 Å². The first-order chi connectivity index (χ1) is 8.70. The Kier molecular flexibility index (Phi) is 4.39. The van der Waals surface area contributed by atoms with Crippen molar-refractivity contribution in [1.82, 2.24) is 4.98 Å². The van der Waals surface area contributed by atoms with Crippen molar-refractivity contribution in [2.75, 3.05) is 11.6 Å². The van der Waals surface area contributed by atoms with Gasteiger partial charge in [-0.3, -0.25) is 0 Å². The molecule has 0 aliphatic rings. The fourth-order valence-corrected chi connectivity index (χ4v) is 2.56. The molecular formula is C14H15ClN2S. The summed E-state index contributed by atoms with van der Waals surface area (Å²) >= 11 is 7.15. The van der Waals surface area contributed by atoms with Crippen LogP contribution in [0.5, 0.6) is 0 Å². The summed E-state index contributed by atoms with van der Waals surface area (Å²) in [6.45, 7) is 2.04. The van der Waals surface area contributed by atoms with E-state index in [0.29, 0.717) is 11.0 Å². The van der Waals surface area contributed by atoms with E-state index in [1.165, 1.54) is 16.9 Å². The standard InChI is InChI=1S/C14H15ClN2S/c1-10-13(17-14(16)18-10)12-7-5-11(6-8-12)4-2-3-9-15/h2,4-8H,3,9H2,1H3,(H2,16,17). The molecule has 2 aromatic rings. The molecule has 0 aliphatic heterocycles. The SMILES string of the molecule is Cc1sc(N)nc1-c1ccc(C=CCCCl)cc1. The lowest BCUT2D eigenvalue weighted by Crippen LogP contribution is -1.84. The summed E-state index contributed by atoms with van der Waals surface area (Å²) < 4.78 is 0. The number of allylic oxidation sites excluding steroid dienone is 1. The van der Waals surface area contributed by atoms with Gasteiger partial charge in [0.05, 0.1) is 5.69 Å². The highest BCUT2D eigenvalue weighted by Crippen LogP contribution is 2.28. The van der Waals surface area contributed by atoms with E-state index >= 15 is 0 Å². The molecule has 2 N–H and O–H groups in total. The molecule has 1 aromatic carbocycles. The number of aryl methyl sites for hydroxylation is 1. The Hall–Kier alpha value is -1.32. The van der Waals surface area contributed by atoms with Crippen LogP contribution in [-0.4, -0.2) is 10.9 Å². The summed E-state index contributed by atoms with van der Waals surface area (Å²) in [4.78, 5) is 5.50. The summed E-state index contributed by atoms with van der Waals surface area (Å²) in [6, 6.07) is 8.30. The number of nitrogens with zero attached hydrogens (tertiary/aromatic N) is 1. The Morgan fingerprint density at radius 3 is 2.61 bits per heavy atom. The van der Waals surface area contributed by atoms with E-state index in [4.69, 9.17) is 17.3 Å². The zero-order valence-corrected chi connectivity index (χ0v) is 11.8. The third-order valence-electron chi connectivity index (χ3n) is 2.58. The summed E-state index contributed by atoms with van der Waals surface area (Å²) in [5.41, 5.74) is 8.97. The van der Waals surface area contributed by atoms with E-state index in [0.717, 1.165) is 22.6 Å². The Morgan fingerprint density at radius 1 is 1.33 bits per heavy atom. The predicted octanol–water partition coefficient (Wildman–Crippen LogP) is 4.34. The second-order valence-corrected chi connectivity index (χ2v) is 5.57. The van der Waals surface area contributed by atoms with Crippen molar-refractivity contribution >= 4 is 34.1 Å². The van der Waals surface area contributed by atoms with Crippen LogP contribution in [0.3, 0.4) is 0 Å². The number of nitrogen functional groups attached to an aromatic ring is 1. The molecule has 1 heterocycles. The highest BCUT2D eigenvalue weighted by Gasteiger charge is 2.07. The van der Waals surface area contributed by atoms with E-state index in [1.807, 2.05) is 6.92 Å². The first-order valence-electron chi connectivity index (χ1n) is 5.76.